The number of rotatable bonds is 7. The smallest absolute Gasteiger partial charge is 0.253 e. The van der Waals surface area contributed by atoms with E-state index in [4.69, 9.17) is 0 Å². The second kappa shape index (κ2) is 8.99. The zero-order chi connectivity index (χ0) is 19.1. The quantitative estimate of drug-likeness (QED) is 0.682. The number of carbonyl (C=O) groups excluding carboxylic acids is 1. The summed E-state index contributed by atoms with van der Waals surface area (Å²) in [6.07, 6.45) is 3.42. The number of hydrogen-bond acceptors (Lipinski definition) is 3. The normalized spacial score (nSPS) is 10.4. The largest absolute Gasteiger partial charge is 0.366 e. The van der Waals surface area contributed by atoms with E-state index in [1.165, 1.54) is 11.1 Å². The lowest BCUT2D eigenvalue weighted by Gasteiger charge is -2.23. The molecule has 3 rings (SSSR count). The van der Waals surface area contributed by atoms with Gasteiger partial charge in [0.15, 0.2) is 0 Å². The van der Waals surface area contributed by atoms with Crippen LogP contribution in [0.15, 0.2) is 73.1 Å². The number of aryl methyl sites for hydroxylation is 1. The van der Waals surface area contributed by atoms with Gasteiger partial charge in [-0.2, -0.15) is 0 Å². The van der Waals surface area contributed by atoms with Gasteiger partial charge >= 0.3 is 0 Å². The van der Waals surface area contributed by atoms with Crippen LogP contribution in [0.4, 0.5) is 5.69 Å². The van der Waals surface area contributed by atoms with Crippen LogP contribution in [0.25, 0.3) is 0 Å². The summed E-state index contributed by atoms with van der Waals surface area (Å²) >= 11 is 0. The van der Waals surface area contributed by atoms with Gasteiger partial charge in [-0.1, -0.05) is 60.2 Å². The molecule has 0 saturated carbocycles. The third kappa shape index (κ3) is 5.17. The van der Waals surface area contributed by atoms with E-state index in [1.807, 2.05) is 54.7 Å². The van der Waals surface area contributed by atoms with Crippen LogP contribution in [0.2, 0.25) is 0 Å². The van der Waals surface area contributed by atoms with E-state index < -0.39 is 0 Å². The first-order valence-corrected chi connectivity index (χ1v) is 9.23. The van der Waals surface area contributed by atoms with Crippen LogP contribution in [-0.4, -0.2) is 17.4 Å². The Morgan fingerprint density at radius 3 is 2.44 bits per heavy atom. The molecule has 1 amide bonds. The van der Waals surface area contributed by atoms with Crippen molar-refractivity contribution in [2.75, 3.05) is 11.4 Å². The Hall–Kier alpha value is -3.14. The molecule has 138 valence electrons. The summed E-state index contributed by atoms with van der Waals surface area (Å²) in [4.78, 5) is 19.0. The summed E-state index contributed by atoms with van der Waals surface area (Å²) in [7, 11) is 0. The van der Waals surface area contributed by atoms with Crippen molar-refractivity contribution >= 4 is 11.6 Å². The Bertz CT molecular complexity index is 876. The van der Waals surface area contributed by atoms with E-state index >= 15 is 0 Å². The minimum atomic E-state index is -0.110. The fourth-order valence-electron chi connectivity index (χ4n) is 2.90. The van der Waals surface area contributed by atoms with E-state index in [0.717, 1.165) is 24.3 Å². The number of pyridine rings is 1. The van der Waals surface area contributed by atoms with Crippen LogP contribution in [0.5, 0.6) is 0 Å². The second-order valence-corrected chi connectivity index (χ2v) is 6.60. The fraction of sp³-hybridized carbons (Fsp3) is 0.217. The molecule has 4 heteroatoms. The predicted octanol–water partition coefficient (Wildman–Crippen LogP) is 4.35. The zero-order valence-electron chi connectivity index (χ0n) is 15.9. The molecule has 0 bridgehead atoms. The van der Waals surface area contributed by atoms with Crippen molar-refractivity contribution in [1.29, 1.82) is 0 Å². The molecule has 0 aliphatic rings. The number of anilines is 1. The Labute approximate surface area is 160 Å². The molecule has 0 aliphatic carbocycles. The lowest BCUT2D eigenvalue weighted by atomic mass is 10.1. The van der Waals surface area contributed by atoms with Crippen LogP contribution in [-0.2, 0) is 13.1 Å². The molecule has 0 aliphatic heterocycles. The number of aromatic nitrogens is 1. The summed E-state index contributed by atoms with van der Waals surface area (Å²) < 4.78 is 0. The summed E-state index contributed by atoms with van der Waals surface area (Å²) in [5, 5.41) is 2.97. The lowest BCUT2D eigenvalue weighted by molar-refractivity contribution is 0.0950. The molecule has 1 aromatic heterocycles. The van der Waals surface area contributed by atoms with E-state index in [0.29, 0.717) is 12.1 Å². The standard InChI is InChI=1S/C23H25N3O/c1-3-26(17-20-7-5-4-6-8-20)22-13-21(15-24-16-22)23(27)25-14-19-11-9-18(2)10-12-19/h4-13,15-16H,3,14,17H2,1-2H3,(H,25,27). The van der Waals surface area contributed by atoms with Gasteiger partial charge in [-0.05, 0) is 31.0 Å². The molecule has 0 spiro atoms. The highest BCUT2D eigenvalue weighted by molar-refractivity contribution is 5.94. The Morgan fingerprint density at radius 1 is 1.00 bits per heavy atom. The van der Waals surface area contributed by atoms with Crippen LogP contribution in [0.3, 0.4) is 0 Å². The van der Waals surface area contributed by atoms with E-state index in [-0.39, 0.29) is 5.91 Å². The van der Waals surface area contributed by atoms with Crippen molar-refractivity contribution in [2.24, 2.45) is 0 Å². The van der Waals surface area contributed by atoms with Crippen LogP contribution in [0, 0.1) is 6.92 Å². The summed E-state index contributed by atoms with van der Waals surface area (Å²) in [5.41, 5.74) is 5.04. The average molecular weight is 359 g/mol. The monoisotopic (exact) mass is 359 g/mol. The van der Waals surface area contributed by atoms with Crippen molar-refractivity contribution in [2.45, 2.75) is 26.9 Å². The van der Waals surface area contributed by atoms with E-state index in [9.17, 15) is 4.79 Å². The summed E-state index contributed by atoms with van der Waals surface area (Å²) in [5.74, 6) is -0.110. The predicted molar refractivity (Wildman–Crippen MR) is 110 cm³/mol. The molecule has 0 unspecified atom stereocenters. The minimum Gasteiger partial charge on any atom is -0.366 e. The molecule has 0 saturated heterocycles. The zero-order valence-corrected chi connectivity index (χ0v) is 15.9. The van der Waals surface area contributed by atoms with Crippen molar-refractivity contribution in [3.05, 3.63) is 95.3 Å². The van der Waals surface area contributed by atoms with Gasteiger partial charge in [-0.3, -0.25) is 9.78 Å². The van der Waals surface area contributed by atoms with E-state index in [2.05, 4.69) is 41.2 Å². The van der Waals surface area contributed by atoms with E-state index in [1.54, 1.807) is 6.20 Å². The Kier molecular flexibility index (Phi) is 6.21. The van der Waals surface area contributed by atoms with Crippen molar-refractivity contribution in [1.82, 2.24) is 10.3 Å². The van der Waals surface area contributed by atoms with Gasteiger partial charge in [0.25, 0.3) is 5.91 Å². The molecule has 27 heavy (non-hydrogen) atoms. The maximum absolute atomic E-state index is 12.5. The maximum atomic E-state index is 12.5. The second-order valence-electron chi connectivity index (χ2n) is 6.60. The molecule has 0 fully saturated rings. The van der Waals surface area contributed by atoms with Gasteiger partial charge < -0.3 is 10.2 Å². The molecular formula is C23H25N3O. The van der Waals surface area contributed by atoms with Crippen molar-refractivity contribution in [3.8, 4) is 0 Å². The first-order chi connectivity index (χ1) is 13.2. The third-order valence-electron chi connectivity index (χ3n) is 4.52. The summed E-state index contributed by atoms with van der Waals surface area (Å²) in [6.45, 7) is 6.28. The first-order valence-electron chi connectivity index (χ1n) is 9.23. The molecule has 1 N–H and O–H groups in total. The molecule has 0 radical (unpaired) electrons. The Morgan fingerprint density at radius 2 is 1.74 bits per heavy atom. The van der Waals surface area contributed by atoms with Crippen molar-refractivity contribution < 1.29 is 4.79 Å². The van der Waals surface area contributed by atoms with Gasteiger partial charge in [0.1, 0.15) is 0 Å². The molecule has 2 aromatic carbocycles. The van der Waals surface area contributed by atoms with Gasteiger partial charge in [0, 0.05) is 25.8 Å². The highest BCUT2D eigenvalue weighted by Gasteiger charge is 2.11. The lowest BCUT2D eigenvalue weighted by Crippen LogP contribution is -2.25. The van der Waals surface area contributed by atoms with Gasteiger partial charge in [-0.25, -0.2) is 0 Å². The first kappa shape index (κ1) is 18.6. The number of nitrogens with one attached hydrogen (secondary N) is 1. The van der Waals surface area contributed by atoms with Crippen LogP contribution in [0.1, 0.15) is 34.0 Å². The molecular weight excluding hydrogens is 334 g/mol. The topological polar surface area (TPSA) is 45.2 Å². The van der Waals surface area contributed by atoms with Crippen molar-refractivity contribution in [3.63, 3.8) is 0 Å². The molecule has 1 heterocycles. The average Bonchev–Trinajstić information content (AvgIpc) is 2.72. The summed E-state index contributed by atoms with van der Waals surface area (Å²) in [6, 6.07) is 20.4. The number of hydrogen-bond donors (Lipinski definition) is 1. The number of nitrogens with zero attached hydrogens (tertiary/aromatic N) is 2. The molecule has 0 atom stereocenters. The number of benzene rings is 2. The van der Waals surface area contributed by atoms with Gasteiger partial charge in [-0.15, -0.1) is 0 Å². The fourth-order valence-corrected chi connectivity index (χ4v) is 2.90. The number of amides is 1. The van der Waals surface area contributed by atoms with Gasteiger partial charge in [0.05, 0.1) is 17.4 Å². The van der Waals surface area contributed by atoms with Gasteiger partial charge in [0.2, 0.25) is 0 Å². The maximum Gasteiger partial charge on any atom is 0.253 e. The minimum absolute atomic E-state index is 0.110. The Balaban J connectivity index is 1.67. The highest BCUT2D eigenvalue weighted by Crippen LogP contribution is 2.17. The van der Waals surface area contributed by atoms with Crippen LogP contribution >= 0.6 is 0 Å². The SMILES string of the molecule is CCN(Cc1ccccc1)c1cncc(C(=O)NCc2ccc(C)cc2)c1. The number of carbonyl (C=O) groups is 1. The van der Waals surface area contributed by atoms with Crippen LogP contribution < -0.4 is 10.2 Å². The highest BCUT2D eigenvalue weighted by atomic mass is 16.1. The third-order valence-corrected chi connectivity index (χ3v) is 4.52. The molecule has 3 aromatic rings. The molecule has 4 nitrogen and oxygen atoms in total.